The molecule has 0 aromatic carbocycles. The zero-order valence-corrected chi connectivity index (χ0v) is 26.1. The van der Waals surface area contributed by atoms with Gasteiger partial charge in [0.05, 0.1) is 0 Å². The molecule has 0 saturated carbocycles. The zero-order valence-electron chi connectivity index (χ0n) is 22.9. The van der Waals surface area contributed by atoms with Gasteiger partial charge in [0.1, 0.15) is 0 Å². The van der Waals surface area contributed by atoms with Crippen LogP contribution in [0.5, 0.6) is 0 Å². The van der Waals surface area contributed by atoms with E-state index >= 15 is 0 Å². The molecule has 1 radical (unpaired) electrons. The molecule has 0 amide bonds. The van der Waals surface area contributed by atoms with Crippen molar-refractivity contribution >= 4 is 64.9 Å². The van der Waals surface area contributed by atoms with Gasteiger partial charge in [0, 0.05) is 0 Å². The average molecular weight is 687 g/mol. The number of allylic oxidation sites excluding steroid dienone is 1. The van der Waals surface area contributed by atoms with Crippen LogP contribution in [0.1, 0.15) is 96.0 Å². The van der Waals surface area contributed by atoms with Crippen LogP contribution in [0.25, 0.3) is 39.8 Å². The molecule has 0 unspecified atom stereocenters. The molecule has 4 nitrogen and oxygen atoms in total. The number of aromatic nitrogens is 4. The second-order valence-corrected chi connectivity index (χ2v) is 12.1. The first-order valence-electron chi connectivity index (χ1n) is 13.4. The molecular weight excluding hydrogens is 649 g/mol. The van der Waals surface area contributed by atoms with Gasteiger partial charge in [0.15, 0.2) is 0 Å². The average Bonchev–Trinajstić information content (AvgIpc) is 3.57. The van der Waals surface area contributed by atoms with Crippen molar-refractivity contribution in [2.75, 3.05) is 0 Å². The quantitative estimate of drug-likeness (QED) is 0.284. The Morgan fingerprint density at radius 2 is 1.68 bits per heavy atom. The van der Waals surface area contributed by atoms with Crippen LogP contribution in [-0.2, 0) is 6.42 Å². The van der Waals surface area contributed by atoms with Crippen molar-refractivity contribution in [1.82, 2.24) is 19.9 Å². The molecule has 0 spiro atoms. The van der Waals surface area contributed by atoms with E-state index in [1.165, 1.54) is 50.4 Å². The molecule has 3 aromatic rings. The third-order valence-electron chi connectivity index (χ3n) is 8.34. The Morgan fingerprint density at radius 1 is 0.946 bits per heavy atom. The van der Waals surface area contributed by atoms with Crippen molar-refractivity contribution in [2.24, 2.45) is 0 Å². The third kappa shape index (κ3) is 4.55. The summed E-state index contributed by atoms with van der Waals surface area (Å²) in [6, 6.07) is 6.73. The van der Waals surface area contributed by atoms with Gasteiger partial charge in [0.2, 0.25) is 0 Å². The number of aromatic amines is 2. The second kappa shape index (κ2) is 10.3. The Hall–Kier alpha value is -2.50. The first kappa shape index (κ1) is 26.1. The van der Waals surface area contributed by atoms with Crippen molar-refractivity contribution in [2.45, 2.75) is 76.7 Å². The summed E-state index contributed by atoms with van der Waals surface area (Å²) in [5.74, 6) is 0.789. The Kier molecular flexibility index (Phi) is 7.30. The van der Waals surface area contributed by atoms with E-state index in [0.29, 0.717) is 11.8 Å². The minimum absolute atomic E-state index is 0.367. The number of hydrogen-bond acceptors (Lipinski definition) is 2. The summed E-state index contributed by atoms with van der Waals surface area (Å²) in [5, 5.41) is 0. The maximum absolute atomic E-state index is 5.30. The Balaban J connectivity index is 1.94. The summed E-state index contributed by atoms with van der Waals surface area (Å²) in [7, 11) is 0. The molecule has 0 fully saturated rings. The number of fused-ring (bicyclic) bond motifs is 8. The van der Waals surface area contributed by atoms with E-state index in [0.717, 1.165) is 51.1 Å². The van der Waals surface area contributed by atoms with Crippen LogP contribution in [0.3, 0.4) is 0 Å². The number of H-pyrrole nitrogens is 2. The van der Waals surface area contributed by atoms with Crippen LogP contribution in [0, 0.1) is 20.8 Å². The van der Waals surface area contributed by atoms with Crippen LogP contribution in [-0.4, -0.2) is 45.0 Å². The van der Waals surface area contributed by atoms with Gasteiger partial charge < -0.3 is 0 Å². The van der Waals surface area contributed by atoms with Crippen molar-refractivity contribution < 1.29 is 0 Å². The van der Waals surface area contributed by atoms with E-state index in [9.17, 15) is 0 Å². The first-order valence-corrected chi connectivity index (χ1v) is 15.6. The predicted octanol–water partition coefficient (Wildman–Crippen LogP) is 8.26. The molecule has 5 heteroatoms. The molecule has 8 bridgehead atoms. The Bertz CT molecular complexity index is 1580. The topological polar surface area (TPSA) is 57.4 Å². The van der Waals surface area contributed by atoms with Crippen molar-refractivity contribution in [3.63, 3.8) is 0 Å². The molecular formula is C32H37N4Po. The van der Waals surface area contributed by atoms with Crippen LogP contribution >= 0.6 is 0 Å². The molecule has 0 aliphatic carbocycles. The van der Waals surface area contributed by atoms with Gasteiger partial charge in [-0.1, -0.05) is 6.92 Å². The van der Waals surface area contributed by atoms with Gasteiger partial charge in [-0.25, -0.2) is 0 Å². The normalized spacial score (nSPS) is 17.2. The van der Waals surface area contributed by atoms with Gasteiger partial charge in [0.25, 0.3) is 0 Å². The number of hydrogen-bond donors (Lipinski definition) is 2. The summed E-state index contributed by atoms with van der Waals surface area (Å²) in [5.41, 5.74) is 16.3. The molecule has 2 aliphatic rings. The number of rotatable bonds is 5. The van der Waals surface area contributed by atoms with E-state index < -0.39 is 0 Å². The first-order chi connectivity index (χ1) is 17.8. The monoisotopic (exact) mass is 686 g/mol. The Morgan fingerprint density at radius 3 is 2.38 bits per heavy atom. The summed E-state index contributed by atoms with van der Waals surface area (Å²) < 4.78 is 1.27. The van der Waals surface area contributed by atoms with E-state index in [-0.39, 0.29) is 0 Å². The molecule has 2 aliphatic heterocycles. The summed E-state index contributed by atoms with van der Waals surface area (Å²) in [4.78, 5) is 17.8. The van der Waals surface area contributed by atoms with Crippen LogP contribution in [0.15, 0.2) is 24.8 Å². The summed E-state index contributed by atoms with van der Waals surface area (Å²) >= 11 is 1.66. The summed E-state index contributed by atoms with van der Waals surface area (Å²) in [6.45, 7) is 17.5. The van der Waals surface area contributed by atoms with Crippen molar-refractivity contribution in [3.05, 3.63) is 75.4 Å². The van der Waals surface area contributed by atoms with Crippen molar-refractivity contribution in [3.8, 4) is 0 Å². The van der Waals surface area contributed by atoms with Crippen molar-refractivity contribution in [1.29, 1.82) is 0 Å². The molecule has 5 rings (SSSR count). The third-order valence-corrected chi connectivity index (χ3v) is 9.46. The van der Waals surface area contributed by atoms with Gasteiger partial charge in [-0.15, -0.1) is 0 Å². The molecule has 2 N–H and O–H groups in total. The fourth-order valence-corrected chi connectivity index (χ4v) is 6.63. The predicted molar refractivity (Wildman–Crippen MR) is 159 cm³/mol. The number of nitrogens with one attached hydrogen (secondary N) is 2. The molecule has 0 saturated heterocycles. The molecule has 37 heavy (non-hydrogen) atoms. The maximum atomic E-state index is 5.30. The van der Waals surface area contributed by atoms with Gasteiger partial charge >= 0.3 is 211 Å². The van der Waals surface area contributed by atoms with Crippen LogP contribution in [0.2, 0.25) is 4.08 Å². The Labute approximate surface area is 235 Å². The van der Waals surface area contributed by atoms with E-state index in [1.807, 2.05) is 6.08 Å². The SMILES string of the molecule is C=Cc1c(C)c2cc3nc(c(C)c4nc(cc5[nH]c(cc1[nH]2)c(C)c5CC)C(C)=C4)[C@@H](CC[CH2][Po])[C@@H]3C. The molecule has 5 heterocycles. The standard InChI is InChI=1S/C32H37N4.Po/c1-9-12-24-20(7)29-15-27-18(5)23(11-3)31(34-27)16-28-19(6)22(10-2)30(35-28)14-25-17(4)13-26(33-25)21(8)32(24)36-29;/h11,13-16,20,24,34-35H,1,3,9-10,12H2,2,4-8H3;/t20-,24-;/m0./s1. The second-order valence-electron chi connectivity index (χ2n) is 10.5. The molecule has 3 aromatic heterocycles. The van der Waals surface area contributed by atoms with Gasteiger partial charge in [-0.05, 0) is 18.9 Å². The van der Waals surface area contributed by atoms with E-state index in [4.69, 9.17) is 9.97 Å². The summed E-state index contributed by atoms with van der Waals surface area (Å²) in [6.07, 6.45) is 7.58. The zero-order chi connectivity index (χ0) is 26.4. The number of aryl methyl sites for hydroxylation is 3. The van der Waals surface area contributed by atoms with Gasteiger partial charge in [-0.2, -0.15) is 0 Å². The molecule has 2 atom stereocenters. The fourth-order valence-electron chi connectivity index (χ4n) is 5.99. The van der Waals surface area contributed by atoms with E-state index in [1.54, 1.807) is 25.1 Å². The molecule has 191 valence electrons. The fraction of sp³-hybridized carbons (Fsp3) is 0.375. The van der Waals surface area contributed by atoms with E-state index in [2.05, 4.69) is 82.4 Å². The van der Waals surface area contributed by atoms with Gasteiger partial charge in [-0.3, -0.25) is 0 Å². The van der Waals surface area contributed by atoms with Crippen LogP contribution < -0.4 is 0 Å². The number of nitrogens with zero attached hydrogens (tertiary/aromatic N) is 2. The van der Waals surface area contributed by atoms with Crippen LogP contribution in [0.4, 0.5) is 0 Å². The minimum atomic E-state index is 0.367.